The molecule has 39 heavy (non-hydrogen) atoms. The van der Waals surface area contributed by atoms with E-state index < -0.39 is 14.9 Å². The van der Waals surface area contributed by atoms with Crippen LogP contribution in [0.5, 0.6) is 0 Å². The standard InChI is InChI=1S/C29H29N5O4S/c1-3-32(4-2)39(37,38)27-19-20-28(29(21-27)34(35)36)31-30-22-23-15-17-26(18-16-23)33(24-11-7-5-8-12-24)25-13-9-6-10-14-25/h5-22,31H,3-4H2,1-2H3. The number of nitrogens with one attached hydrogen (secondary N) is 1. The molecule has 200 valence electrons. The van der Waals surface area contributed by atoms with Crippen molar-refractivity contribution in [2.75, 3.05) is 23.4 Å². The number of rotatable bonds is 11. The third kappa shape index (κ3) is 6.31. The fourth-order valence-corrected chi connectivity index (χ4v) is 5.60. The molecule has 9 nitrogen and oxygen atoms in total. The number of hydrazone groups is 1. The molecule has 4 aromatic rings. The van der Waals surface area contributed by atoms with E-state index in [4.69, 9.17) is 0 Å². The number of sulfonamides is 1. The van der Waals surface area contributed by atoms with E-state index in [0.29, 0.717) is 0 Å². The van der Waals surface area contributed by atoms with Gasteiger partial charge in [-0.05, 0) is 54.1 Å². The van der Waals surface area contributed by atoms with Crippen LogP contribution in [0.25, 0.3) is 0 Å². The summed E-state index contributed by atoms with van der Waals surface area (Å²) in [6.07, 6.45) is 1.55. The summed E-state index contributed by atoms with van der Waals surface area (Å²) in [7, 11) is -3.83. The van der Waals surface area contributed by atoms with Crippen LogP contribution in [0.3, 0.4) is 0 Å². The van der Waals surface area contributed by atoms with Crippen LogP contribution in [0.4, 0.5) is 28.4 Å². The highest BCUT2D eigenvalue weighted by molar-refractivity contribution is 7.89. The van der Waals surface area contributed by atoms with E-state index in [1.807, 2.05) is 84.9 Å². The Morgan fingerprint density at radius 1 is 0.821 bits per heavy atom. The molecule has 1 N–H and O–H groups in total. The molecule has 4 aromatic carbocycles. The quantitative estimate of drug-likeness (QED) is 0.131. The molecule has 0 saturated heterocycles. The molecule has 0 aliphatic rings. The van der Waals surface area contributed by atoms with E-state index in [9.17, 15) is 18.5 Å². The molecule has 0 unspecified atom stereocenters. The van der Waals surface area contributed by atoms with Crippen molar-refractivity contribution < 1.29 is 13.3 Å². The van der Waals surface area contributed by atoms with Crippen molar-refractivity contribution in [3.63, 3.8) is 0 Å². The van der Waals surface area contributed by atoms with Crippen LogP contribution in [-0.4, -0.2) is 37.0 Å². The van der Waals surface area contributed by atoms with Crippen LogP contribution in [0.2, 0.25) is 0 Å². The molecule has 0 heterocycles. The van der Waals surface area contributed by atoms with Crippen molar-refractivity contribution in [3.8, 4) is 0 Å². The van der Waals surface area contributed by atoms with Gasteiger partial charge in [0.25, 0.3) is 5.69 Å². The van der Waals surface area contributed by atoms with Crippen molar-refractivity contribution in [3.05, 3.63) is 119 Å². The van der Waals surface area contributed by atoms with Gasteiger partial charge in [0.1, 0.15) is 5.69 Å². The lowest BCUT2D eigenvalue weighted by Gasteiger charge is -2.25. The monoisotopic (exact) mass is 543 g/mol. The zero-order valence-corrected chi connectivity index (χ0v) is 22.5. The Balaban J connectivity index is 1.55. The molecule has 0 amide bonds. The highest BCUT2D eigenvalue weighted by Crippen LogP contribution is 2.34. The van der Waals surface area contributed by atoms with Crippen molar-refractivity contribution in [2.24, 2.45) is 5.10 Å². The van der Waals surface area contributed by atoms with Gasteiger partial charge in [0.2, 0.25) is 10.0 Å². The molecule has 0 aliphatic carbocycles. The number of nitrogens with zero attached hydrogens (tertiary/aromatic N) is 4. The molecule has 0 radical (unpaired) electrons. The second-order valence-electron chi connectivity index (χ2n) is 8.49. The molecule has 0 fully saturated rings. The smallest absolute Gasteiger partial charge is 0.295 e. The summed E-state index contributed by atoms with van der Waals surface area (Å²) >= 11 is 0. The molecule has 10 heteroatoms. The third-order valence-corrected chi connectivity index (χ3v) is 8.13. The lowest BCUT2D eigenvalue weighted by atomic mass is 10.1. The summed E-state index contributed by atoms with van der Waals surface area (Å²) in [5.41, 5.74) is 6.16. The first kappa shape index (κ1) is 27.5. The molecule has 4 rings (SSSR count). The Kier molecular flexibility index (Phi) is 8.70. The zero-order valence-electron chi connectivity index (χ0n) is 21.6. The van der Waals surface area contributed by atoms with Crippen LogP contribution < -0.4 is 10.3 Å². The molecule has 0 spiro atoms. The number of hydrogen-bond acceptors (Lipinski definition) is 7. The first-order chi connectivity index (χ1) is 18.8. The van der Waals surface area contributed by atoms with Crippen molar-refractivity contribution in [1.29, 1.82) is 0 Å². The van der Waals surface area contributed by atoms with Gasteiger partial charge in [-0.2, -0.15) is 9.41 Å². The number of benzene rings is 4. The molecule has 0 atom stereocenters. The normalized spacial score (nSPS) is 11.6. The summed E-state index contributed by atoms with van der Waals surface area (Å²) in [5, 5.41) is 15.8. The van der Waals surface area contributed by atoms with Gasteiger partial charge in [0.05, 0.1) is 16.0 Å². The Morgan fingerprint density at radius 2 is 1.36 bits per heavy atom. The number of para-hydroxylation sites is 2. The fourth-order valence-electron chi connectivity index (χ4n) is 4.12. The molecule has 0 saturated carbocycles. The van der Waals surface area contributed by atoms with Gasteiger partial charge in [-0.3, -0.25) is 15.5 Å². The summed E-state index contributed by atoms with van der Waals surface area (Å²) in [5.74, 6) is 0. The Bertz CT molecular complexity index is 1500. The first-order valence-corrected chi connectivity index (χ1v) is 13.9. The van der Waals surface area contributed by atoms with Crippen LogP contribution >= 0.6 is 0 Å². The number of hydrogen-bond donors (Lipinski definition) is 1. The van der Waals surface area contributed by atoms with Crippen LogP contribution in [-0.2, 0) is 10.0 Å². The Labute approximate surface area is 228 Å². The fraction of sp³-hybridized carbons (Fsp3) is 0.138. The van der Waals surface area contributed by atoms with Gasteiger partial charge in [-0.1, -0.05) is 62.4 Å². The highest BCUT2D eigenvalue weighted by atomic mass is 32.2. The first-order valence-electron chi connectivity index (χ1n) is 12.4. The van der Waals surface area contributed by atoms with E-state index in [1.165, 1.54) is 16.4 Å². The summed E-state index contributed by atoms with van der Waals surface area (Å²) in [6, 6.07) is 31.5. The minimum Gasteiger partial charge on any atom is -0.311 e. The van der Waals surface area contributed by atoms with Gasteiger partial charge in [0.15, 0.2) is 0 Å². The van der Waals surface area contributed by atoms with Gasteiger partial charge in [0, 0.05) is 36.2 Å². The number of nitro groups is 1. The Morgan fingerprint density at radius 3 is 1.87 bits per heavy atom. The minimum absolute atomic E-state index is 0.0886. The van der Waals surface area contributed by atoms with E-state index in [1.54, 1.807) is 20.1 Å². The van der Waals surface area contributed by atoms with Gasteiger partial charge in [-0.15, -0.1) is 0 Å². The lowest BCUT2D eigenvalue weighted by Crippen LogP contribution is -2.30. The topological polar surface area (TPSA) is 108 Å². The van der Waals surface area contributed by atoms with Gasteiger partial charge in [-0.25, -0.2) is 8.42 Å². The molecular weight excluding hydrogens is 514 g/mol. The van der Waals surface area contributed by atoms with Crippen LogP contribution in [0.15, 0.2) is 113 Å². The predicted molar refractivity (Wildman–Crippen MR) is 156 cm³/mol. The zero-order chi connectivity index (χ0) is 27.8. The largest absolute Gasteiger partial charge is 0.311 e. The summed E-state index contributed by atoms with van der Waals surface area (Å²) < 4.78 is 26.8. The van der Waals surface area contributed by atoms with Crippen molar-refractivity contribution >= 4 is 44.7 Å². The van der Waals surface area contributed by atoms with Crippen LogP contribution in [0.1, 0.15) is 19.4 Å². The van der Waals surface area contributed by atoms with Gasteiger partial charge < -0.3 is 4.90 Å². The summed E-state index contributed by atoms with van der Waals surface area (Å²) in [6.45, 7) is 3.97. The molecular formula is C29H29N5O4S. The average Bonchev–Trinajstić information content (AvgIpc) is 2.95. The average molecular weight is 544 g/mol. The van der Waals surface area contributed by atoms with Gasteiger partial charge >= 0.3 is 0 Å². The van der Waals surface area contributed by atoms with Crippen LogP contribution in [0, 0.1) is 10.1 Å². The summed E-state index contributed by atoms with van der Waals surface area (Å²) in [4.78, 5) is 13.0. The number of nitro benzene ring substituents is 1. The Hall–Kier alpha value is -4.54. The maximum absolute atomic E-state index is 12.8. The maximum Gasteiger partial charge on any atom is 0.295 e. The van der Waals surface area contributed by atoms with E-state index in [2.05, 4.69) is 15.4 Å². The lowest BCUT2D eigenvalue weighted by molar-refractivity contribution is -0.384. The minimum atomic E-state index is -3.83. The van der Waals surface area contributed by atoms with E-state index >= 15 is 0 Å². The third-order valence-electron chi connectivity index (χ3n) is 6.09. The second kappa shape index (κ2) is 12.3. The molecule has 0 aliphatic heterocycles. The van der Waals surface area contributed by atoms with Crippen molar-refractivity contribution in [2.45, 2.75) is 18.7 Å². The van der Waals surface area contributed by atoms with E-state index in [0.717, 1.165) is 28.7 Å². The molecule has 0 bridgehead atoms. The van der Waals surface area contributed by atoms with E-state index in [-0.39, 0.29) is 29.4 Å². The maximum atomic E-state index is 12.8. The highest BCUT2D eigenvalue weighted by Gasteiger charge is 2.25. The predicted octanol–water partition coefficient (Wildman–Crippen LogP) is 6.54. The second-order valence-corrected chi connectivity index (χ2v) is 10.4. The number of anilines is 4. The van der Waals surface area contributed by atoms with Crippen molar-refractivity contribution in [1.82, 2.24) is 4.31 Å². The molecule has 0 aromatic heterocycles. The SMILES string of the molecule is CCN(CC)S(=O)(=O)c1ccc(NN=Cc2ccc(N(c3ccccc3)c3ccccc3)cc2)c([N+](=O)[O-])c1.